The van der Waals surface area contributed by atoms with Gasteiger partial charge >= 0.3 is 0 Å². The third-order valence-electron chi connectivity index (χ3n) is 3.67. The van der Waals surface area contributed by atoms with Crippen LogP contribution >= 0.6 is 39.0 Å². The van der Waals surface area contributed by atoms with Crippen molar-refractivity contribution >= 4 is 50.6 Å². The first-order valence-electron chi connectivity index (χ1n) is 8.13. The number of rotatable bonds is 6. The molecular weight excluding hydrogens is 444 g/mol. The van der Waals surface area contributed by atoms with E-state index in [-0.39, 0.29) is 5.91 Å². The Kier molecular flexibility index (Phi) is 6.76. The monoisotopic (exact) mass is 460 g/mol. The highest BCUT2D eigenvalue weighted by molar-refractivity contribution is 9.10. The highest BCUT2D eigenvalue weighted by Crippen LogP contribution is 2.25. The average molecular weight is 461 g/mol. The summed E-state index contributed by atoms with van der Waals surface area (Å²) in [6.45, 7) is 3.80. The summed E-state index contributed by atoms with van der Waals surface area (Å²) in [4.78, 5) is 12.3. The lowest BCUT2D eigenvalue weighted by molar-refractivity contribution is 0.0955. The molecule has 0 spiro atoms. The van der Waals surface area contributed by atoms with E-state index in [9.17, 15) is 4.79 Å². The van der Waals surface area contributed by atoms with Gasteiger partial charge in [-0.2, -0.15) is 5.10 Å². The molecule has 0 unspecified atom stereocenters. The van der Waals surface area contributed by atoms with Gasteiger partial charge in [-0.3, -0.25) is 4.79 Å². The molecular formula is C19H17BrN4OS2. The zero-order valence-electron chi connectivity index (χ0n) is 14.8. The number of thioether (sulfide) groups is 1. The number of hydrogen-bond donors (Lipinski definition) is 1. The molecule has 1 amide bonds. The number of halogens is 1. The van der Waals surface area contributed by atoms with Crippen LogP contribution in [0.3, 0.4) is 0 Å². The van der Waals surface area contributed by atoms with Crippen LogP contribution in [0.5, 0.6) is 0 Å². The zero-order valence-corrected chi connectivity index (χ0v) is 18.0. The van der Waals surface area contributed by atoms with Gasteiger partial charge in [0.1, 0.15) is 5.01 Å². The number of nitrogens with zero attached hydrogens (tertiary/aromatic N) is 3. The van der Waals surface area contributed by atoms with Gasteiger partial charge in [-0.25, -0.2) is 5.43 Å². The fourth-order valence-electron chi connectivity index (χ4n) is 2.19. The van der Waals surface area contributed by atoms with E-state index in [0.717, 1.165) is 36.4 Å². The van der Waals surface area contributed by atoms with Crippen molar-refractivity contribution in [2.75, 3.05) is 0 Å². The Hall–Kier alpha value is -2.03. The molecule has 3 aromatic rings. The molecule has 1 aromatic heterocycles. The number of benzene rings is 2. The molecule has 0 radical (unpaired) electrons. The molecule has 1 N–H and O–H groups in total. The van der Waals surface area contributed by atoms with Crippen LogP contribution in [0, 0.1) is 6.92 Å². The van der Waals surface area contributed by atoms with E-state index < -0.39 is 0 Å². The number of aryl methyl sites for hydroxylation is 1. The van der Waals surface area contributed by atoms with Crippen LogP contribution in [0.15, 0.2) is 62.4 Å². The van der Waals surface area contributed by atoms with Crippen molar-refractivity contribution < 1.29 is 4.79 Å². The molecule has 0 fully saturated rings. The summed E-state index contributed by atoms with van der Waals surface area (Å²) in [5.41, 5.74) is 6.01. The summed E-state index contributed by atoms with van der Waals surface area (Å²) in [5.74, 6) is 0.558. The molecule has 27 heavy (non-hydrogen) atoms. The molecule has 0 aliphatic heterocycles. The summed E-state index contributed by atoms with van der Waals surface area (Å²) in [6.07, 6.45) is 0. The lowest BCUT2D eigenvalue weighted by Crippen LogP contribution is -2.19. The van der Waals surface area contributed by atoms with Crippen LogP contribution < -0.4 is 5.43 Å². The number of carbonyl (C=O) groups excluding carboxylic acids is 1. The number of amides is 1. The minimum absolute atomic E-state index is 0.231. The first-order valence-corrected chi connectivity index (χ1v) is 10.7. The number of carbonyl (C=O) groups is 1. The van der Waals surface area contributed by atoms with Crippen molar-refractivity contribution in [2.24, 2.45) is 5.10 Å². The second kappa shape index (κ2) is 9.25. The van der Waals surface area contributed by atoms with E-state index in [4.69, 9.17) is 0 Å². The molecule has 1 heterocycles. The molecule has 0 aliphatic carbocycles. The highest BCUT2D eigenvalue weighted by atomic mass is 79.9. The maximum absolute atomic E-state index is 12.3. The van der Waals surface area contributed by atoms with E-state index >= 15 is 0 Å². The van der Waals surface area contributed by atoms with Gasteiger partial charge in [0, 0.05) is 15.8 Å². The first kappa shape index (κ1) is 19.7. The maximum atomic E-state index is 12.3. The Morgan fingerprint density at radius 3 is 2.41 bits per heavy atom. The van der Waals surface area contributed by atoms with Crippen molar-refractivity contribution in [2.45, 2.75) is 23.9 Å². The van der Waals surface area contributed by atoms with Gasteiger partial charge in [0.25, 0.3) is 5.91 Å². The van der Waals surface area contributed by atoms with Crippen molar-refractivity contribution in [1.29, 1.82) is 0 Å². The third-order valence-corrected chi connectivity index (χ3v) is 6.24. The smallest absolute Gasteiger partial charge is 0.267 e. The third kappa shape index (κ3) is 5.72. The zero-order chi connectivity index (χ0) is 19.2. The van der Waals surface area contributed by atoms with Gasteiger partial charge < -0.3 is 0 Å². The molecule has 0 bridgehead atoms. The van der Waals surface area contributed by atoms with Crippen molar-refractivity contribution in [3.8, 4) is 0 Å². The number of hydrogen-bond acceptors (Lipinski definition) is 6. The number of hydrazone groups is 1. The summed E-state index contributed by atoms with van der Waals surface area (Å²) < 4.78 is 1.95. The molecule has 3 rings (SSSR count). The molecule has 0 aliphatic rings. The summed E-state index contributed by atoms with van der Waals surface area (Å²) in [7, 11) is 0. The van der Waals surface area contributed by atoms with Gasteiger partial charge in [-0.15, -0.1) is 10.2 Å². The van der Waals surface area contributed by atoms with E-state index in [0.29, 0.717) is 5.56 Å². The molecule has 0 saturated carbocycles. The Bertz CT molecular complexity index is 953. The summed E-state index contributed by atoms with van der Waals surface area (Å²) in [5, 5.41) is 13.3. The van der Waals surface area contributed by atoms with Crippen molar-refractivity contribution in [3.63, 3.8) is 0 Å². The predicted molar refractivity (Wildman–Crippen MR) is 114 cm³/mol. The quantitative estimate of drug-likeness (QED) is 0.317. The minimum atomic E-state index is -0.231. The predicted octanol–water partition coefficient (Wildman–Crippen LogP) is 5.06. The molecule has 138 valence electrons. The Morgan fingerprint density at radius 1 is 1.11 bits per heavy atom. The lowest BCUT2D eigenvalue weighted by atomic mass is 10.1. The topological polar surface area (TPSA) is 67.2 Å². The van der Waals surface area contributed by atoms with E-state index in [1.165, 1.54) is 0 Å². The molecule has 5 nitrogen and oxygen atoms in total. The van der Waals surface area contributed by atoms with Crippen LogP contribution in [0.1, 0.15) is 33.4 Å². The van der Waals surface area contributed by atoms with Gasteiger partial charge in [-0.1, -0.05) is 63.3 Å². The molecule has 8 heteroatoms. The maximum Gasteiger partial charge on any atom is 0.271 e. The van der Waals surface area contributed by atoms with Crippen LogP contribution in [0.25, 0.3) is 0 Å². The number of nitrogens with one attached hydrogen (secondary N) is 1. The molecule has 2 aromatic carbocycles. The highest BCUT2D eigenvalue weighted by Gasteiger charge is 2.07. The largest absolute Gasteiger partial charge is 0.271 e. The lowest BCUT2D eigenvalue weighted by Gasteiger charge is -2.04. The van der Waals surface area contributed by atoms with Crippen molar-refractivity contribution in [3.05, 3.63) is 74.7 Å². The molecule has 0 saturated heterocycles. The van der Waals surface area contributed by atoms with Crippen LogP contribution in [-0.4, -0.2) is 21.8 Å². The van der Waals surface area contributed by atoms with Crippen LogP contribution in [0.4, 0.5) is 0 Å². The van der Waals surface area contributed by atoms with Gasteiger partial charge in [-0.05, 0) is 49.2 Å². The summed E-state index contributed by atoms with van der Waals surface area (Å²) in [6, 6.07) is 15.3. The van der Waals surface area contributed by atoms with Gasteiger partial charge in [0.2, 0.25) is 0 Å². The average Bonchev–Trinajstić information content (AvgIpc) is 3.10. The standard InChI is InChI=1S/C19H17BrN4OS2/c1-12(15-7-9-17(20)10-8-15)21-23-18(25)16-5-3-14(4-6-16)11-26-19-24-22-13(2)27-19/h3-10H,11H2,1-2H3,(H,23,25)/b21-12+. The minimum Gasteiger partial charge on any atom is -0.267 e. The van der Waals surface area contributed by atoms with E-state index in [1.807, 2.05) is 50.2 Å². The Labute approximate surface area is 174 Å². The fourth-order valence-corrected chi connectivity index (χ4v) is 4.22. The second-order valence-electron chi connectivity index (χ2n) is 5.72. The van der Waals surface area contributed by atoms with Crippen molar-refractivity contribution in [1.82, 2.24) is 15.6 Å². The van der Waals surface area contributed by atoms with Gasteiger partial charge in [0.05, 0.1) is 5.71 Å². The summed E-state index contributed by atoms with van der Waals surface area (Å²) >= 11 is 6.62. The van der Waals surface area contributed by atoms with E-state index in [1.54, 1.807) is 35.2 Å². The molecule has 0 atom stereocenters. The normalized spacial score (nSPS) is 11.4. The van der Waals surface area contributed by atoms with Crippen LogP contribution in [0.2, 0.25) is 0 Å². The SMILES string of the molecule is C/C(=N\NC(=O)c1ccc(CSc2nnc(C)s2)cc1)c1ccc(Br)cc1. The van der Waals surface area contributed by atoms with Gasteiger partial charge in [0.15, 0.2) is 4.34 Å². The first-order chi connectivity index (χ1) is 13.0. The fraction of sp³-hybridized carbons (Fsp3) is 0.158. The number of aromatic nitrogens is 2. The van der Waals surface area contributed by atoms with Crippen LogP contribution in [-0.2, 0) is 5.75 Å². The van der Waals surface area contributed by atoms with E-state index in [2.05, 4.69) is 36.7 Å². The Balaban J connectivity index is 1.56. The Morgan fingerprint density at radius 2 is 1.78 bits per heavy atom. The second-order valence-corrected chi connectivity index (χ2v) is 9.04.